The Balaban J connectivity index is 2.85. The lowest BCUT2D eigenvalue weighted by Crippen LogP contribution is -1.85. The number of aryl methyl sites for hydroxylation is 1. The van der Waals surface area contributed by atoms with Gasteiger partial charge in [-0.3, -0.25) is 0 Å². The molecule has 1 heterocycles. The maximum atomic E-state index is 4.86. The van der Waals surface area contributed by atoms with E-state index in [-0.39, 0.29) is 0 Å². The smallest absolute Gasteiger partial charge is 0.229 e. The second-order valence-electron chi connectivity index (χ2n) is 2.33. The predicted octanol–water partition coefficient (Wildman–Crippen LogP) is 1.50. The summed E-state index contributed by atoms with van der Waals surface area (Å²) >= 11 is 0. The molecule has 1 aromatic heterocycles. The van der Waals surface area contributed by atoms with Crippen LogP contribution in [0.4, 0.5) is 0 Å². The van der Waals surface area contributed by atoms with E-state index in [1.807, 2.05) is 20.8 Å². The number of hydrogen-bond donors (Lipinski definition) is 0. The molecular formula is C6H10N2O. The summed E-state index contributed by atoms with van der Waals surface area (Å²) in [5.41, 5.74) is 0. The highest BCUT2D eigenvalue weighted by atomic mass is 16.5. The summed E-state index contributed by atoms with van der Waals surface area (Å²) in [5.74, 6) is 1.76. The van der Waals surface area contributed by atoms with E-state index >= 15 is 0 Å². The van der Waals surface area contributed by atoms with Gasteiger partial charge in [-0.1, -0.05) is 19.0 Å². The lowest BCUT2D eigenvalue weighted by molar-refractivity contribution is 0.362. The number of hydrogen-bond acceptors (Lipinski definition) is 3. The van der Waals surface area contributed by atoms with Crippen LogP contribution in [-0.2, 0) is 0 Å². The van der Waals surface area contributed by atoms with E-state index in [1.165, 1.54) is 0 Å². The molecule has 0 unspecified atom stereocenters. The van der Waals surface area contributed by atoms with Crippen LogP contribution in [0.1, 0.15) is 31.5 Å². The van der Waals surface area contributed by atoms with Gasteiger partial charge in [-0.15, -0.1) is 0 Å². The second kappa shape index (κ2) is 2.17. The van der Waals surface area contributed by atoms with Crippen LogP contribution < -0.4 is 0 Å². The maximum absolute atomic E-state index is 4.86. The Kier molecular flexibility index (Phi) is 1.51. The molecule has 0 aromatic carbocycles. The van der Waals surface area contributed by atoms with Gasteiger partial charge in [-0.05, 0) is 6.92 Å². The third kappa shape index (κ3) is 1.28. The molecule has 0 aliphatic heterocycles. The first-order valence-corrected chi connectivity index (χ1v) is 3.00. The zero-order chi connectivity index (χ0) is 6.85. The van der Waals surface area contributed by atoms with Gasteiger partial charge in [-0.25, -0.2) is 0 Å². The summed E-state index contributed by atoms with van der Waals surface area (Å²) in [6, 6.07) is 0. The zero-order valence-corrected chi connectivity index (χ0v) is 5.88. The van der Waals surface area contributed by atoms with Crippen molar-refractivity contribution in [2.75, 3.05) is 0 Å². The Morgan fingerprint density at radius 1 is 1.44 bits per heavy atom. The fraction of sp³-hybridized carbons (Fsp3) is 0.667. The third-order valence-electron chi connectivity index (χ3n) is 1.04. The van der Waals surface area contributed by atoms with Crippen LogP contribution >= 0.6 is 0 Å². The molecule has 0 aliphatic rings. The fourth-order valence-corrected chi connectivity index (χ4v) is 0.548. The minimum absolute atomic E-state index is 0.339. The van der Waals surface area contributed by atoms with Crippen LogP contribution in [0.5, 0.6) is 0 Å². The summed E-state index contributed by atoms with van der Waals surface area (Å²) in [4.78, 5) is 4.03. The average Bonchev–Trinajstić information content (AvgIpc) is 2.14. The van der Waals surface area contributed by atoms with Crippen molar-refractivity contribution in [3.05, 3.63) is 11.7 Å². The van der Waals surface area contributed by atoms with E-state index in [2.05, 4.69) is 10.1 Å². The molecule has 0 aliphatic carbocycles. The first-order chi connectivity index (χ1) is 4.20. The van der Waals surface area contributed by atoms with Crippen molar-refractivity contribution in [3.63, 3.8) is 0 Å². The van der Waals surface area contributed by atoms with E-state index in [9.17, 15) is 0 Å². The van der Waals surface area contributed by atoms with Crippen molar-refractivity contribution in [1.29, 1.82) is 0 Å². The van der Waals surface area contributed by atoms with E-state index in [0.717, 1.165) is 0 Å². The van der Waals surface area contributed by atoms with Crippen LogP contribution in [0, 0.1) is 6.92 Å². The molecule has 0 fully saturated rings. The zero-order valence-electron chi connectivity index (χ0n) is 5.88. The highest BCUT2D eigenvalue weighted by molar-refractivity contribution is 4.87. The molecule has 50 valence electrons. The highest BCUT2D eigenvalue weighted by Gasteiger charge is 2.05. The van der Waals surface area contributed by atoms with Crippen LogP contribution in [0.15, 0.2) is 4.52 Å². The van der Waals surface area contributed by atoms with Crippen molar-refractivity contribution in [2.45, 2.75) is 26.7 Å². The molecule has 1 aromatic rings. The molecular weight excluding hydrogens is 116 g/mol. The number of rotatable bonds is 1. The van der Waals surface area contributed by atoms with Crippen LogP contribution in [0.2, 0.25) is 0 Å². The molecule has 0 atom stereocenters. The van der Waals surface area contributed by atoms with E-state index < -0.39 is 0 Å². The Labute approximate surface area is 54.1 Å². The van der Waals surface area contributed by atoms with E-state index in [4.69, 9.17) is 4.52 Å². The quantitative estimate of drug-likeness (QED) is 0.572. The van der Waals surface area contributed by atoms with Gasteiger partial charge in [0.15, 0.2) is 5.82 Å². The lowest BCUT2D eigenvalue weighted by Gasteiger charge is -1.91. The standard InChI is InChI=1S/C6H10N2O/c1-4(2)6-7-5(3)8-9-6/h4H,1-3H3. The second-order valence-corrected chi connectivity index (χ2v) is 2.33. The molecule has 9 heavy (non-hydrogen) atoms. The summed E-state index contributed by atoms with van der Waals surface area (Å²) in [5, 5.41) is 3.65. The molecule has 0 saturated heterocycles. The maximum Gasteiger partial charge on any atom is 0.229 e. The average molecular weight is 126 g/mol. The van der Waals surface area contributed by atoms with Gasteiger partial charge >= 0.3 is 0 Å². The Hall–Kier alpha value is -0.860. The highest BCUT2D eigenvalue weighted by Crippen LogP contribution is 2.09. The minimum Gasteiger partial charge on any atom is -0.339 e. The SMILES string of the molecule is Cc1noc(C(C)C)n1. The van der Waals surface area contributed by atoms with Gasteiger partial charge in [0.2, 0.25) is 5.89 Å². The molecule has 0 radical (unpaired) electrons. The minimum atomic E-state index is 0.339. The molecule has 0 spiro atoms. The molecule has 0 bridgehead atoms. The first kappa shape index (κ1) is 6.26. The fourth-order valence-electron chi connectivity index (χ4n) is 0.548. The van der Waals surface area contributed by atoms with E-state index in [0.29, 0.717) is 17.6 Å². The Morgan fingerprint density at radius 3 is 2.33 bits per heavy atom. The van der Waals surface area contributed by atoms with Gasteiger partial charge < -0.3 is 4.52 Å². The molecule has 0 saturated carbocycles. The van der Waals surface area contributed by atoms with E-state index in [1.54, 1.807) is 0 Å². The van der Waals surface area contributed by atoms with Crippen molar-refractivity contribution < 1.29 is 4.52 Å². The largest absolute Gasteiger partial charge is 0.339 e. The van der Waals surface area contributed by atoms with Gasteiger partial charge in [0.05, 0.1) is 0 Å². The van der Waals surface area contributed by atoms with Crippen LogP contribution in [0.3, 0.4) is 0 Å². The predicted molar refractivity (Wildman–Crippen MR) is 33.1 cm³/mol. The molecule has 0 N–H and O–H groups in total. The summed E-state index contributed by atoms with van der Waals surface area (Å²) in [6.07, 6.45) is 0. The monoisotopic (exact) mass is 126 g/mol. The normalized spacial score (nSPS) is 10.7. The Bertz CT molecular complexity index is 193. The topological polar surface area (TPSA) is 38.9 Å². The molecule has 3 heteroatoms. The van der Waals surface area contributed by atoms with Gasteiger partial charge in [-0.2, -0.15) is 4.98 Å². The number of nitrogens with zero attached hydrogens (tertiary/aromatic N) is 2. The summed E-state index contributed by atoms with van der Waals surface area (Å²) < 4.78 is 4.86. The first-order valence-electron chi connectivity index (χ1n) is 3.00. The lowest BCUT2D eigenvalue weighted by atomic mass is 10.2. The van der Waals surface area contributed by atoms with Gasteiger partial charge in [0.1, 0.15) is 0 Å². The van der Waals surface area contributed by atoms with Crippen molar-refractivity contribution in [3.8, 4) is 0 Å². The molecule has 0 amide bonds. The van der Waals surface area contributed by atoms with Gasteiger partial charge in [0, 0.05) is 5.92 Å². The van der Waals surface area contributed by atoms with Gasteiger partial charge in [0.25, 0.3) is 0 Å². The van der Waals surface area contributed by atoms with Crippen molar-refractivity contribution in [1.82, 2.24) is 10.1 Å². The Morgan fingerprint density at radius 2 is 2.11 bits per heavy atom. The summed E-state index contributed by atoms with van der Waals surface area (Å²) in [7, 11) is 0. The van der Waals surface area contributed by atoms with Crippen molar-refractivity contribution in [2.24, 2.45) is 0 Å². The summed E-state index contributed by atoms with van der Waals surface area (Å²) in [6.45, 7) is 5.86. The molecule has 1 rings (SSSR count). The van der Waals surface area contributed by atoms with Crippen molar-refractivity contribution >= 4 is 0 Å². The van der Waals surface area contributed by atoms with Crippen LogP contribution in [0.25, 0.3) is 0 Å². The third-order valence-corrected chi connectivity index (χ3v) is 1.04. The van der Waals surface area contributed by atoms with Crippen LogP contribution in [-0.4, -0.2) is 10.1 Å². The molecule has 3 nitrogen and oxygen atoms in total. The number of aromatic nitrogens is 2.